The van der Waals surface area contributed by atoms with E-state index in [2.05, 4.69) is 10.3 Å². The fraction of sp³-hybridized carbons (Fsp3) is 0.538. The quantitative estimate of drug-likeness (QED) is 0.798. The summed E-state index contributed by atoms with van der Waals surface area (Å²) in [5, 5.41) is 13.3. The third-order valence-corrected chi connectivity index (χ3v) is 4.13. The maximum atomic E-state index is 11.8. The van der Waals surface area contributed by atoms with Gasteiger partial charge in [-0.25, -0.2) is 4.98 Å². The molecule has 18 heavy (non-hydrogen) atoms. The predicted octanol–water partition coefficient (Wildman–Crippen LogP) is 1.74. The third kappa shape index (κ3) is 3.17. The fourth-order valence-corrected chi connectivity index (χ4v) is 2.61. The van der Waals surface area contributed by atoms with E-state index in [9.17, 15) is 9.90 Å². The van der Waals surface area contributed by atoms with Gasteiger partial charge in [0.25, 0.3) is 0 Å². The topological polar surface area (TPSA) is 62.2 Å². The van der Waals surface area contributed by atoms with Crippen LogP contribution < -0.4 is 5.32 Å². The second-order valence-corrected chi connectivity index (χ2v) is 6.22. The van der Waals surface area contributed by atoms with Crippen LogP contribution in [0.25, 0.3) is 6.08 Å². The van der Waals surface area contributed by atoms with Gasteiger partial charge < -0.3 is 10.4 Å². The number of aryl methyl sites for hydroxylation is 1. The van der Waals surface area contributed by atoms with Crippen LogP contribution in [0.1, 0.15) is 29.7 Å². The van der Waals surface area contributed by atoms with Crippen LogP contribution in [-0.4, -0.2) is 28.1 Å². The molecule has 1 aromatic rings. The Morgan fingerprint density at radius 1 is 1.72 bits per heavy atom. The summed E-state index contributed by atoms with van der Waals surface area (Å²) in [7, 11) is 0. The lowest BCUT2D eigenvalue weighted by Crippen LogP contribution is -2.50. The Labute approximate surface area is 111 Å². The highest BCUT2D eigenvalue weighted by Gasteiger charge is 2.41. The largest absolute Gasteiger partial charge is 0.394 e. The van der Waals surface area contributed by atoms with Crippen LogP contribution in [0.2, 0.25) is 0 Å². The maximum Gasteiger partial charge on any atom is 0.244 e. The Balaban J connectivity index is 1.93. The number of thiazole rings is 1. The molecule has 1 aliphatic rings. The van der Waals surface area contributed by atoms with E-state index < -0.39 is 5.54 Å². The van der Waals surface area contributed by atoms with E-state index in [1.165, 1.54) is 6.08 Å². The van der Waals surface area contributed by atoms with E-state index in [4.69, 9.17) is 0 Å². The monoisotopic (exact) mass is 266 g/mol. The molecule has 5 heteroatoms. The standard InChI is InChI=1S/C13H18N2O2S/c1-9-14-7-11(18-9)5-6-12(17)15-13(2,8-16)10-3-4-10/h5-7,10,16H,3-4,8H2,1-2H3,(H,15,17)/b6-5+. The number of aliphatic hydroxyl groups is 1. The molecule has 0 aromatic carbocycles. The zero-order valence-electron chi connectivity index (χ0n) is 10.6. The Morgan fingerprint density at radius 3 is 2.94 bits per heavy atom. The van der Waals surface area contributed by atoms with Crippen molar-refractivity contribution in [2.45, 2.75) is 32.2 Å². The molecule has 98 valence electrons. The van der Waals surface area contributed by atoms with Crippen molar-refractivity contribution in [2.24, 2.45) is 5.92 Å². The fourth-order valence-electron chi connectivity index (χ4n) is 1.93. The minimum absolute atomic E-state index is 0.0170. The number of aromatic nitrogens is 1. The lowest BCUT2D eigenvalue weighted by molar-refractivity contribution is -0.119. The Bertz CT molecular complexity index is 465. The molecule has 0 radical (unpaired) electrons. The summed E-state index contributed by atoms with van der Waals surface area (Å²) in [6.45, 7) is 3.81. The summed E-state index contributed by atoms with van der Waals surface area (Å²) in [6, 6.07) is 0. The van der Waals surface area contributed by atoms with Crippen LogP contribution in [0.5, 0.6) is 0 Å². The molecule has 0 bridgehead atoms. The number of nitrogens with zero attached hydrogens (tertiary/aromatic N) is 1. The zero-order chi connectivity index (χ0) is 13.2. The molecule has 0 aliphatic heterocycles. The summed E-state index contributed by atoms with van der Waals surface area (Å²) in [5.41, 5.74) is -0.481. The third-order valence-electron chi connectivity index (χ3n) is 3.25. The molecule has 1 saturated carbocycles. The highest BCUT2D eigenvalue weighted by Crippen LogP contribution is 2.39. The maximum absolute atomic E-state index is 11.8. The van der Waals surface area contributed by atoms with Crippen LogP contribution in [0.3, 0.4) is 0 Å². The molecule has 2 rings (SSSR count). The average Bonchev–Trinajstić information content (AvgIpc) is 3.11. The van der Waals surface area contributed by atoms with E-state index in [-0.39, 0.29) is 12.5 Å². The smallest absolute Gasteiger partial charge is 0.244 e. The van der Waals surface area contributed by atoms with Crippen LogP contribution in [-0.2, 0) is 4.79 Å². The molecule has 1 amide bonds. The molecular weight excluding hydrogens is 248 g/mol. The first-order valence-corrected chi connectivity index (χ1v) is 6.88. The van der Waals surface area contributed by atoms with E-state index in [1.54, 1.807) is 23.6 Å². The van der Waals surface area contributed by atoms with Crippen LogP contribution >= 0.6 is 11.3 Å². The SMILES string of the molecule is Cc1ncc(/C=C/C(=O)NC(C)(CO)C2CC2)s1. The number of carbonyl (C=O) groups excluding carboxylic acids is 1. The number of aliphatic hydroxyl groups excluding tert-OH is 1. The van der Waals surface area contributed by atoms with E-state index in [1.807, 2.05) is 13.8 Å². The lowest BCUT2D eigenvalue weighted by atomic mass is 9.97. The van der Waals surface area contributed by atoms with Gasteiger partial charge in [0.15, 0.2) is 0 Å². The van der Waals surface area contributed by atoms with Gasteiger partial charge in [0.1, 0.15) is 0 Å². The molecule has 1 fully saturated rings. The first-order chi connectivity index (χ1) is 8.53. The van der Waals surface area contributed by atoms with Crippen molar-refractivity contribution >= 4 is 23.3 Å². The van der Waals surface area contributed by atoms with Gasteiger partial charge in [-0.05, 0) is 38.7 Å². The molecule has 1 aromatic heterocycles. The van der Waals surface area contributed by atoms with Gasteiger partial charge in [-0.3, -0.25) is 4.79 Å². The van der Waals surface area contributed by atoms with Crippen molar-refractivity contribution < 1.29 is 9.90 Å². The van der Waals surface area contributed by atoms with Crippen molar-refractivity contribution in [3.63, 3.8) is 0 Å². The van der Waals surface area contributed by atoms with Crippen molar-refractivity contribution in [3.05, 3.63) is 22.2 Å². The summed E-state index contributed by atoms with van der Waals surface area (Å²) < 4.78 is 0. The van der Waals surface area contributed by atoms with E-state index in [0.717, 1.165) is 22.7 Å². The number of amides is 1. The average molecular weight is 266 g/mol. The molecule has 4 nitrogen and oxygen atoms in total. The second-order valence-electron chi connectivity index (χ2n) is 4.95. The van der Waals surface area contributed by atoms with Gasteiger partial charge in [-0.15, -0.1) is 11.3 Å². The van der Waals surface area contributed by atoms with E-state index >= 15 is 0 Å². The minimum atomic E-state index is -0.481. The van der Waals surface area contributed by atoms with Crippen molar-refractivity contribution in [3.8, 4) is 0 Å². The summed E-state index contributed by atoms with van der Waals surface area (Å²) in [4.78, 5) is 16.9. The molecule has 1 unspecified atom stereocenters. The normalized spacial score (nSPS) is 18.8. The number of rotatable bonds is 5. The highest BCUT2D eigenvalue weighted by atomic mass is 32.1. The number of hydrogen-bond acceptors (Lipinski definition) is 4. The van der Waals surface area contributed by atoms with Gasteiger partial charge in [0.2, 0.25) is 5.91 Å². The molecule has 1 atom stereocenters. The number of carbonyl (C=O) groups is 1. The zero-order valence-corrected chi connectivity index (χ0v) is 11.5. The molecule has 1 aliphatic carbocycles. The Hall–Kier alpha value is -1.20. The number of hydrogen-bond donors (Lipinski definition) is 2. The Kier molecular flexibility index (Phi) is 3.82. The van der Waals surface area contributed by atoms with E-state index in [0.29, 0.717) is 5.92 Å². The second kappa shape index (κ2) is 5.20. The molecule has 0 spiro atoms. The molecule has 2 N–H and O–H groups in total. The summed E-state index contributed by atoms with van der Waals surface area (Å²) >= 11 is 1.54. The van der Waals surface area contributed by atoms with Crippen molar-refractivity contribution in [1.29, 1.82) is 0 Å². The van der Waals surface area contributed by atoms with Crippen LogP contribution in [0, 0.1) is 12.8 Å². The van der Waals surface area contributed by atoms with Gasteiger partial charge >= 0.3 is 0 Å². The first kappa shape index (κ1) is 13.2. The van der Waals surface area contributed by atoms with Crippen molar-refractivity contribution in [2.75, 3.05) is 6.61 Å². The molecule has 1 heterocycles. The Morgan fingerprint density at radius 2 is 2.44 bits per heavy atom. The van der Waals surface area contributed by atoms with Gasteiger partial charge in [0, 0.05) is 17.2 Å². The molecular formula is C13H18N2O2S. The summed E-state index contributed by atoms with van der Waals surface area (Å²) in [5.74, 6) is 0.245. The van der Waals surface area contributed by atoms with Gasteiger partial charge in [-0.1, -0.05) is 0 Å². The predicted molar refractivity (Wildman–Crippen MR) is 72.2 cm³/mol. The van der Waals surface area contributed by atoms with Gasteiger partial charge in [0.05, 0.1) is 17.2 Å². The van der Waals surface area contributed by atoms with Crippen molar-refractivity contribution in [1.82, 2.24) is 10.3 Å². The van der Waals surface area contributed by atoms with Crippen LogP contribution in [0.15, 0.2) is 12.3 Å². The van der Waals surface area contributed by atoms with Crippen LogP contribution in [0.4, 0.5) is 0 Å². The van der Waals surface area contributed by atoms with Gasteiger partial charge in [-0.2, -0.15) is 0 Å². The summed E-state index contributed by atoms with van der Waals surface area (Å²) in [6.07, 6.45) is 7.16. The minimum Gasteiger partial charge on any atom is -0.394 e. The highest BCUT2D eigenvalue weighted by molar-refractivity contribution is 7.12. The first-order valence-electron chi connectivity index (χ1n) is 6.07. The number of nitrogens with one attached hydrogen (secondary N) is 1. The lowest BCUT2D eigenvalue weighted by Gasteiger charge is -2.28. The molecule has 0 saturated heterocycles.